The third-order valence-electron chi connectivity index (χ3n) is 6.39. The molecule has 1 aromatic carbocycles. The van der Waals surface area contributed by atoms with Gasteiger partial charge in [-0.3, -0.25) is 14.3 Å². The number of nitrogens with zero attached hydrogens (tertiary/aromatic N) is 6. The predicted octanol–water partition coefficient (Wildman–Crippen LogP) is 2.66. The Morgan fingerprint density at radius 2 is 1.74 bits per heavy atom. The average molecular weight is 437 g/mol. The molecular formula is C23H28N6OS. The second-order valence-electron chi connectivity index (χ2n) is 8.35. The lowest BCUT2D eigenvalue weighted by Crippen LogP contribution is -2.47. The predicted molar refractivity (Wildman–Crippen MR) is 125 cm³/mol. The van der Waals surface area contributed by atoms with E-state index in [2.05, 4.69) is 44.3 Å². The topological polar surface area (TPSA) is 67.2 Å². The maximum absolute atomic E-state index is 13.0. The van der Waals surface area contributed by atoms with Crippen molar-refractivity contribution < 1.29 is 0 Å². The fraction of sp³-hybridized carbons (Fsp3) is 0.478. The number of anilines is 1. The smallest absolute Gasteiger partial charge is 0.257 e. The lowest BCUT2D eigenvalue weighted by atomic mass is 10.1. The normalized spacial score (nSPS) is 17.2. The summed E-state index contributed by atoms with van der Waals surface area (Å²) in [7, 11) is 0. The zero-order chi connectivity index (χ0) is 21.4. The maximum atomic E-state index is 13.0. The van der Waals surface area contributed by atoms with E-state index in [1.54, 1.807) is 11.8 Å². The number of piperazine rings is 1. The molecule has 0 atom stereocenters. The number of aromatic nitrogens is 4. The first kappa shape index (κ1) is 20.5. The Hall–Kier alpha value is -2.45. The molecule has 0 unspecified atom stereocenters. The number of rotatable bonds is 4. The molecule has 8 heteroatoms. The number of hydrogen-bond donors (Lipinski definition) is 0. The lowest BCUT2D eigenvalue weighted by molar-refractivity contribution is 0.259. The number of fused-ring (bicyclic) bond motifs is 2. The first-order valence-electron chi connectivity index (χ1n) is 11.0. The summed E-state index contributed by atoms with van der Waals surface area (Å²) in [6, 6.07) is 8.37. The fourth-order valence-corrected chi connectivity index (χ4v) is 5.56. The molecule has 0 spiro atoms. The van der Waals surface area contributed by atoms with Crippen molar-refractivity contribution in [2.24, 2.45) is 0 Å². The largest absolute Gasteiger partial charge is 0.352 e. The molecule has 2 aliphatic heterocycles. The van der Waals surface area contributed by atoms with Crippen LogP contribution < -0.4 is 10.5 Å². The van der Waals surface area contributed by atoms with Gasteiger partial charge in [0.2, 0.25) is 0 Å². The Morgan fingerprint density at radius 1 is 0.968 bits per heavy atom. The van der Waals surface area contributed by atoms with Gasteiger partial charge in [0.15, 0.2) is 11.0 Å². The number of hydrogen-bond acceptors (Lipinski definition) is 7. The van der Waals surface area contributed by atoms with Crippen LogP contribution >= 0.6 is 11.8 Å². The number of aryl methyl sites for hydroxylation is 2. The van der Waals surface area contributed by atoms with E-state index in [0.717, 1.165) is 85.8 Å². The molecule has 162 valence electrons. The highest BCUT2D eigenvalue weighted by atomic mass is 32.2. The van der Waals surface area contributed by atoms with E-state index in [1.807, 2.05) is 18.4 Å². The first-order valence-corrected chi connectivity index (χ1v) is 12.0. The summed E-state index contributed by atoms with van der Waals surface area (Å²) in [6.45, 7) is 9.42. The van der Waals surface area contributed by atoms with Gasteiger partial charge in [0.25, 0.3) is 5.56 Å². The van der Waals surface area contributed by atoms with E-state index in [4.69, 9.17) is 4.98 Å². The summed E-state index contributed by atoms with van der Waals surface area (Å²) in [5, 5.41) is 12.1. The molecule has 4 heterocycles. The van der Waals surface area contributed by atoms with Crippen LogP contribution in [0.25, 0.3) is 10.8 Å². The third kappa shape index (κ3) is 3.94. The van der Waals surface area contributed by atoms with Gasteiger partial charge in [0, 0.05) is 67.1 Å². The Labute approximate surface area is 186 Å². The Balaban J connectivity index is 1.26. The Bertz CT molecular complexity index is 1170. The zero-order valence-corrected chi connectivity index (χ0v) is 19.0. The fourth-order valence-electron chi connectivity index (χ4n) is 4.57. The van der Waals surface area contributed by atoms with Crippen LogP contribution in [-0.2, 0) is 13.0 Å². The molecule has 2 aliphatic rings. The number of benzene rings is 1. The molecule has 1 saturated heterocycles. The van der Waals surface area contributed by atoms with E-state index in [0.29, 0.717) is 0 Å². The van der Waals surface area contributed by atoms with Crippen molar-refractivity contribution in [2.75, 3.05) is 43.4 Å². The van der Waals surface area contributed by atoms with Crippen molar-refractivity contribution in [3.8, 4) is 0 Å². The van der Waals surface area contributed by atoms with Gasteiger partial charge in [0.1, 0.15) is 0 Å². The van der Waals surface area contributed by atoms with Crippen molar-refractivity contribution in [1.82, 2.24) is 24.6 Å². The second kappa shape index (κ2) is 8.59. The summed E-state index contributed by atoms with van der Waals surface area (Å²) in [4.78, 5) is 22.5. The van der Waals surface area contributed by atoms with Gasteiger partial charge < -0.3 is 4.90 Å². The molecule has 2 aromatic heterocycles. The van der Waals surface area contributed by atoms with Crippen LogP contribution in [-0.4, -0.2) is 63.1 Å². The van der Waals surface area contributed by atoms with E-state index in [9.17, 15) is 4.79 Å². The molecule has 0 radical (unpaired) electrons. The van der Waals surface area contributed by atoms with Crippen LogP contribution in [0.15, 0.2) is 34.2 Å². The van der Waals surface area contributed by atoms with E-state index < -0.39 is 0 Å². The van der Waals surface area contributed by atoms with Crippen LogP contribution in [0.2, 0.25) is 0 Å². The summed E-state index contributed by atoms with van der Waals surface area (Å²) in [6.07, 6.45) is 1.80. The highest BCUT2D eigenvalue weighted by molar-refractivity contribution is 7.99. The van der Waals surface area contributed by atoms with Crippen molar-refractivity contribution in [3.63, 3.8) is 0 Å². The maximum Gasteiger partial charge on any atom is 0.257 e. The first-order chi connectivity index (χ1) is 15.1. The molecule has 0 N–H and O–H groups in total. The summed E-state index contributed by atoms with van der Waals surface area (Å²) in [5.41, 5.74) is 2.90. The average Bonchev–Trinajstić information content (AvgIpc) is 2.80. The van der Waals surface area contributed by atoms with Gasteiger partial charge in [-0.1, -0.05) is 36.0 Å². The molecule has 0 amide bonds. The standard InChI is InChI=1S/C23H28N6OS/c1-16-19(22(30)29-9-5-15-31-23(29)24-16)8-10-27-11-13-28(14-12-27)21-20-7-4-3-6-18(20)17(2)25-26-21/h3-4,6-7H,5,8-15H2,1-2H3. The van der Waals surface area contributed by atoms with Crippen molar-refractivity contribution in [3.05, 3.63) is 51.6 Å². The molecule has 7 nitrogen and oxygen atoms in total. The molecule has 1 fully saturated rings. The Kier molecular flexibility index (Phi) is 5.67. The van der Waals surface area contributed by atoms with Crippen LogP contribution in [0.3, 0.4) is 0 Å². The van der Waals surface area contributed by atoms with Crippen molar-refractivity contribution in [2.45, 2.75) is 38.4 Å². The van der Waals surface area contributed by atoms with Gasteiger partial charge in [-0.25, -0.2) is 4.98 Å². The molecular weight excluding hydrogens is 408 g/mol. The van der Waals surface area contributed by atoms with Crippen LogP contribution in [0.5, 0.6) is 0 Å². The quantitative estimate of drug-likeness (QED) is 0.583. The zero-order valence-electron chi connectivity index (χ0n) is 18.2. The van der Waals surface area contributed by atoms with Gasteiger partial charge >= 0.3 is 0 Å². The second-order valence-corrected chi connectivity index (χ2v) is 9.41. The molecule has 5 rings (SSSR count). The lowest BCUT2D eigenvalue weighted by Gasteiger charge is -2.35. The summed E-state index contributed by atoms with van der Waals surface area (Å²) in [5.74, 6) is 2.03. The molecule has 0 saturated carbocycles. The van der Waals surface area contributed by atoms with Gasteiger partial charge in [-0.05, 0) is 26.7 Å². The van der Waals surface area contributed by atoms with Gasteiger partial charge in [-0.15, -0.1) is 5.10 Å². The minimum absolute atomic E-state index is 0.162. The minimum Gasteiger partial charge on any atom is -0.352 e. The monoisotopic (exact) mass is 436 g/mol. The van der Waals surface area contributed by atoms with Crippen LogP contribution in [0.4, 0.5) is 5.82 Å². The van der Waals surface area contributed by atoms with E-state index in [1.165, 1.54) is 10.8 Å². The molecule has 0 bridgehead atoms. The minimum atomic E-state index is 0.162. The van der Waals surface area contributed by atoms with E-state index in [-0.39, 0.29) is 5.56 Å². The van der Waals surface area contributed by atoms with E-state index >= 15 is 0 Å². The molecule has 0 aliphatic carbocycles. The van der Waals surface area contributed by atoms with Crippen LogP contribution in [0, 0.1) is 13.8 Å². The van der Waals surface area contributed by atoms with Crippen molar-refractivity contribution in [1.29, 1.82) is 0 Å². The molecule has 3 aromatic rings. The SMILES string of the molecule is Cc1nc2n(c(=O)c1CCN1CCN(c3nnc(C)c4ccccc34)CC1)CCCS2. The summed E-state index contributed by atoms with van der Waals surface area (Å²) >= 11 is 1.70. The molecule has 31 heavy (non-hydrogen) atoms. The highest BCUT2D eigenvalue weighted by Crippen LogP contribution is 2.26. The third-order valence-corrected chi connectivity index (χ3v) is 7.46. The van der Waals surface area contributed by atoms with Crippen molar-refractivity contribution >= 4 is 28.4 Å². The van der Waals surface area contributed by atoms with Crippen LogP contribution in [0.1, 0.15) is 23.4 Å². The van der Waals surface area contributed by atoms with Gasteiger partial charge in [0.05, 0.1) is 5.69 Å². The highest BCUT2D eigenvalue weighted by Gasteiger charge is 2.22. The van der Waals surface area contributed by atoms with Gasteiger partial charge in [-0.2, -0.15) is 5.10 Å². The number of thioether (sulfide) groups is 1. The summed E-state index contributed by atoms with van der Waals surface area (Å²) < 4.78 is 1.87. The Morgan fingerprint density at radius 3 is 2.55 bits per heavy atom.